The number of carbonyl (C=O) groups excluding carboxylic acids is 1. The summed E-state index contributed by atoms with van der Waals surface area (Å²) in [7, 11) is 0. The molecule has 0 aliphatic heterocycles. The smallest absolute Gasteiger partial charge is 0.412 e. The molecule has 1 unspecified atom stereocenters. The molecular weight excluding hydrogens is 396 g/mol. The molecule has 0 saturated carbocycles. The SMILES string of the molecule is CC(C)(C)OC(=O)Nc1ccc(C(O)C(C)(C)c2ccc(Br)cc2)nc1. The highest BCUT2D eigenvalue weighted by atomic mass is 79.9. The lowest BCUT2D eigenvalue weighted by Gasteiger charge is -2.31. The maximum atomic E-state index is 11.8. The predicted molar refractivity (Wildman–Crippen MR) is 106 cm³/mol. The van der Waals surface area contributed by atoms with E-state index >= 15 is 0 Å². The molecule has 1 aromatic carbocycles. The molecule has 6 heteroatoms. The van der Waals surface area contributed by atoms with Crippen LogP contribution in [-0.4, -0.2) is 21.8 Å². The van der Waals surface area contributed by atoms with Gasteiger partial charge in [-0.2, -0.15) is 0 Å². The number of nitrogens with one attached hydrogen (secondary N) is 1. The Morgan fingerprint density at radius 3 is 2.23 bits per heavy atom. The molecule has 0 saturated heterocycles. The zero-order valence-electron chi connectivity index (χ0n) is 15.7. The Morgan fingerprint density at radius 1 is 1.12 bits per heavy atom. The fraction of sp³-hybridized carbons (Fsp3) is 0.400. The number of hydrogen-bond acceptors (Lipinski definition) is 4. The Bertz CT molecular complexity index is 750. The van der Waals surface area contributed by atoms with Crippen LogP contribution in [0.2, 0.25) is 0 Å². The number of pyridine rings is 1. The summed E-state index contributed by atoms with van der Waals surface area (Å²) < 4.78 is 6.20. The third kappa shape index (κ3) is 5.29. The molecule has 2 rings (SSSR count). The second-order valence-electron chi connectivity index (χ2n) is 7.73. The van der Waals surface area contributed by atoms with Gasteiger partial charge in [-0.3, -0.25) is 10.3 Å². The summed E-state index contributed by atoms with van der Waals surface area (Å²) >= 11 is 3.42. The highest BCUT2D eigenvalue weighted by molar-refractivity contribution is 9.10. The van der Waals surface area contributed by atoms with E-state index in [0.29, 0.717) is 11.4 Å². The molecule has 0 bridgehead atoms. The van der Waals surface area contributed by atoms with Gasteiger partial charge in [0, 0.05) is 9.89 Å². The number of carbonyl (C=O) groups is 1. The van der Waals surface area contributed by atoms with Crippen molar-refractivity contribution in [2.75, 3.05) is 5.32 Å². The number of halogens is 1. The summed E-state index contributed by atoms with van der Waals surface area (Å²) in [6.07, 6.45) is 0.183. The van der Waals surface area contributed by atoms with Crippen LogP contribution in [0.25, 0.3) is 0 Å². The first kappa shape index (κ1) is 20.4. The zero-order chi connectivity index (χ0) is 19.5. The molecule has 5 nitrogen and oxygen atoms in total. The number of hydrogen-bond donors (Lipinski definition) is 2. The largest absolute Gasteiger partial charge is 0.444 e. The van der Waals surface area contributed by atoms with Gasteiger partial charge in [-0.1, -0.05) is 41.9 Å². The van der Waals surface area contributed by atoms with Crippen molar-refractivity contribution in [2.45, 2.75) is 51.7 Å². The van der Waals surface area contributed by atoms with Crippen molar-refractivity contribution in [1.29, 1.82) is 0 Å². The molecular formula is C20H25BrN2O3. The minimum Gasteiger partial charge on any atom is -0.444 e. The van der Waals surface area contributed by atoms with Crippen LogP contribution in [-0.2, 0) is 10.2 Å². The topological polar surface area (TPSA) is 71.5 Å². The molecule has 1 heterocycles. The van der Waals surface area contributed by atoms with Crippen LogP contribution in [0.5, 0.6) is 0 Å². The molecule has 2 aromatic rings. The molecule has 26 heavy (non-hydrogen) atoms. The first-order valence-electron chi connectivity index (χ1n) is 8.39. The van der Waals surface area contributed by atoms with E-state index in [9.17, 15) is 9.90 Å². The Balaban J connectivity index is 2.11. The van der Waals surface area contributed by atoms with E-state index in [1.165, 1.54) is 6.20 Å². The summed E-state index contributed by atoms with van der Waals surface area (Å²) in [6, 6.07) is 11.3. The van der Waals surface area contributed by atoms with E-state index in [0.717, 1.165) is 10.0 Å². The second kappa shape index (κ2) is 7.76. The molecule has 1 atom stereocenters. The molecule has 140 valence electrons. The lowest BCUT2D eigenvalue weighted by Crippen LogP contribution is -2.28. The fourth-order valence-corrected chi connectivity index (χ4v) is 2.73. The number of amides is 1. The summed E-state index contributed by atoms with van der Waals surface area (Å²) in [6.45, 7) is 9.34. The maximum absolute atomic E-state index is 11.8. The van der Waals surface area contributed by atoms with E-state index in [1.807, 2.05) is 38.1 Å². The zero-order valence-corrected chi connectivity index (χ0v) is 17.3. The van der Waals surface area contributed by atoms with Gasteiger partial charge in [0.05, 0.1) is 17.6 Å². The van der Waals surface area contributed by atoms with Gasteiger partial charge in [-0.25, -0.2) is 4.79 Å². The van der Waals surface area contributed by atoms with Gasteiger partial charge in [-0.15, -0.1) is 0 Å². The van der Waals surface area contributed by atoms with Crippen molar-refractivity contribution in [2.24, 2.45) is 0 Å². The first-order chi connectivity index (χ1) is 12.0. The van der Waals surface area contributed by atoms with E-state index in [-0.39, 0.29) is 0 Å². The Hall–Kier alpha value is -1.92. The number of aliphatic hydroxyl groups excluding tert-OH is 1. The van der Waals surface area contributed by atoms with Crippen molar-refractivity contribution in [3.63, 3.8) is 0 Å². The van der Waals surface area contributed by atoms with E-state index in [2.05, 4.69) is 26.2 Å². The van der Waals surface area contributed by atoms with Gasteiger partial charge >= 0.3 is 6.09 Å². The normalized spacial score (nSPS) is 13.2. The van der Waals surface area contributed by atoms with Crippen LogP contribution in [0.4, 0.5) is 10.5 Å². The maximum Gasteiger partial charge on any atom is 0.412 e. The van der Waals surface area contributed by atoms with Crippen LogP contribution in [0.15, 0.2) is 47.1 Å². The van der Waals surface area contributed by atoms with Gasteiger partial charge in [0.25, 0.3) is 0 Å². The molecule has 0 fully saturated rings. The van der Waals surface area contributed by atoms with Crippen molar-refractivity contribution < 1.29 is 14.6 Å². The Kier molecular flexibility index (Phi) is 6.09. The van der Waals surface area contributed by atoms with E-state index in [4.69, 9.17) is 4.74 Å². The highest BCUT2D eigenvalue weighted by Crippen LogP contribution is 2.36. The standard InChI is InChI=1S/C20H25BrN2O3/c1-19(2,3)26-18(25)23-15-10-11-16(22-12-15)17(24)20(4,5)13-6-8-14(21)9-7-13/h6-12,17,24H,1-5H3,(H,23,25). The number of aromatic nitrogens is 1. The van der Waals surface area contributed by atoms with Crippen LogP contribution >= 0.6 is 15.9 Å². The molecule has 0 radical (unpaired) electrons. The molecule has 1 aromatic heterocycles. The van der Waals surface area contributed by atoms with E-state index < -0.39 is 23.2 Å². The second-order valence-corrected chi connectivity index (χ2v) is 8.65. The van der Waals surface area contributed by atoms with Crippen LogP contribution in [0, 0.1) is 0 Å². The van der Waals surface area contributed by atoms with Crippen molar-refractivity contribution in [3.05, 3.63) is 58.3 Å². The average Bonchev–Trinajstić information content (AvgIpc) is 2.53. The molecule has 0 spiro atoms. The minimum atomic E-state index is -0.792. The summed E-state index contributed by atoms with van der Waals surface area (Å²) in [5.41, 5.74) is 0.964. The molecule has 2 N–H and O–H groups in total. The lowest BCUT2D eigenvalue weighted by molar-refractivity contribution is 0.0636. The van der Waals surface area contributed by atoms with Crippen LogP contribution in [0.1, 0.15) is 52.0 Å². The number of benzene rings is 1. The number of rotatable bonds is 4. The Morgan fingerprint density at radius 2 is 1.73 bits per heavy atom. The lowest BCUT2D eigenvalue weighted by atomic mass is 9.78. The van der Waals surface area contributed by atoms with Crippen molar-refractivity contribution >= 4 is 27.7 Å². The van der Waals surface area contributed by atoms with Gasteiger partial charge in [0.1, 0.15) is 11.7 Å². The number of ether oxygens (including phenoxy) is 1. The van der Waals surface area contributed by atoms with Crippen LogP contribution in [0.3, 0.4) is 0 Å². The number of anilines is 1. The van der Waals surface area contributed by atoms with Crippen LogP contribution < -0.4 is 5.32 Å². The highest BCUT2D eigenvalue weighted by Gasteiger charge is 2.32. The van der Waals surface area contributed by atoms with Crippen molar-refractivity contribution in [1.82, 2.24) is 4.98 Å². The summed E-state index contributed by atoms with van der Waals surface area (Å²) in [5.74, 6) is 0. The minimum absolute atomic E-state index is 0.511. The van der Waals surface area contributed by atoms with Gasteiger partial charge in [-0.05, 0) is 50.6 Å². The van der Waals surface area contributed by atoms with Crippen molar-refractivity contribution in [3.8, 4) is 0 Å². The number of aliphatic hydroxyl groups is 1. The first-order valence-corrected chi connectivity index (χ1v) is 9.18. The Labute approximate surface area is 162 Å². The third-order valence-electron chi connectivity index (χ3n) is 3.98. The van der Waals surface area contributed by atoms with Gasteiger partial charge in [0.2, 0.25) is 0 Å². The molecule has 1 amide bonds. The van der Waals surface area contributed by atoms with Gasteiger partial charge < -0.3 is 9.84 Å². The van der Waals surface area contributed by atoms with Gasteiger partial charge in [0.15, 0.2) is 0 Å². The quantitative estimate of drug-likeness (QED) is 0.712. The fourth-order valence-electron chi connectivity index (χ4n) is 2.47. The predicted octanol–water partition coefficient (Wildman–Crippen LogP) is 5.20. The summed E-state index contributed by atoms with van der Waals surface area (Å²) in [4.78, 5) is 16.1. The van der Waals surface area contributed by atoms with E-state index in [1.54, 1.807) is 32.9 Å². The molecule has 0 aliphatic rings. The third-order valence-corrected chi connectivity index (χ3v) is 4.51. The average molecular weight is 421 g/mol. The molecule has 0 aliphatic carbocycles. The monoisotopic (exact) mass is 420 g/mol. The number of nitrogens with zero attached hydrogens (tertiary/aromatic N) is 1. The summed E-state index contributed by atoms with van der Waals surface area (Å²) in [5, 5.41) is 13.4.